The van der Waals surface area contributed by atoms with Crippen molar-refractivity contribution in [2.24, 2.45) is 5.92 Å². The van der Waals surface area contributed by atoms with E-state index in [0.717, 1.165) is 37.1 Å². The maximum absolute atomic E-state index is 12.7. The summed E-state index contributed by atoms with van der Waals surface area (Å²) in [4.78, 5) is 14.3. The summed E-state index contributed by atoms with van der Waals surface area (Å²) in [5, 5.41) is 8.96. The number of aryl methyl sites for hydroxylation is 2. The lowest BCUT2D eigenvalue weighted by molar-refractivity contribution is 0.0772. The van der Waals surface area contributed by atoms with E-state index in [2.05, 4.69) is 17.2 Å². The van der Waals surface area contributed by atoms with Crippen molar-refractivity contribution in [1.82, 2.24) is 19.8 Å². The third-order valence-corrected chi connectivity index (χ3v) is 4.65. The highest BCUT2D eigenvalue weighted by Crippen LogP contribution is 2.28. The van der Waals surface area contributed by atoms with Crippen LogP contribution in [0.4, 0.5) is 0 Å². The Labute approximate surface area is 140 Å². The van der Waals surface area contributed by atoms with E-state index in [-0.39, 0.29) is 5.91 Å². The summed E-state index contributed by atoms with van der Waals surface area (Å²) in [6.07, 6.45) is 4.55. The second-order valence-corrected chi connectivity index (χ2v) is 6.63. The van der Waals surface area contributed by atoms with Gasteiger partial charge >= 0.3 is 0 Å². The number of hydrogen-bond acceptors (Lipinski definition) is 4. The summed E-state index contributed by atoms with van der Waals surface area (Å²) < 4.78 is 7.12. The molecule has 0 aromatic carbocycles. The highest BCUT2D eigenvalue weighted by molar-refractivity contribution is 6.31. The Kier molecular flexibility index (Phi) is 4.43. The van der Waals surface area contributed by atoms with Crippen LogP contribution in [-0.2, 0) is 25.9 Å². The first-order valence-corrected chi connectivity index (χ1v) is 8.32. The molecule has 1 aliphatic carbocycles. The first-order valence-electron chi connectivity index (χ1n) is 7.94. The van der Waals surface area contributed by atoms with Gasteiger partial charge in [-0.3, -0.25) is 9.48 Å². The van der Waals surface area contributed by atoms with E-state index in [1.165, 1.54) is 0 Å². The molecular weight excluding hydrogens is 316 g/mol. The fourth-order valence-electron chi connectivity index (χ4n) is 2.93. The molecule has 1 amide bonds. The van der Waals surface area contributed by atoms with Gasteiger partial charge in [-0.05, 0) is 25.7 Å². The SMILES string of the molecule is CCn1cc(Cl)c(CN(C)C(=O)c2noc3c2CC(C)CC3)n1. The van der Waals surface area contributed by atoms with Crippen molar-refractivity contribution in [2.75, 3.05) is 7.05 Å². The van der Waals surface area contributed by atoms with Crippen LogP contribution in [0, 0.1) is 5.92 Å². The summed E-state index contributed by atoms with van der Waals surface area (Å²) in [6, 6.07) is 0. The lowest BCUT2D eigenvalue weighted by Crippen LogP contribution is -2.28. The quantitative estimate of drug-likeness (QED) is 0.861. The minimum absolute atomic E-state index is 0.147. The average Bonchev–Trinajstić information content (AvgIpc) is 3.10. The molecule has 124 valence electrons. The lowest BCUT2D eigenvalue weighted by Gasteiger charge is -2.19. The smallest absolute Gasteiger partial charge is 0.276 e. The number of rotatable bonds is 4. The van der Waals surface area contributed by atoms with Crippen LogP contribution in [0.25, 0.3) is 0 Å². The van der Waals surface area contributed by atoms with Crippen LogP contribution in [0.2, 0.25) is 5.02 Å². The Morgan fingerprint density at radius 1 is 1.57 bits per heavy atom. The molecule has 0 spiro atoms. The molecule has 6 nitrogen and oxygen atoms in total. The molecule has 2 heterocycles. The largest absolute Gasteiger partial charge is 0.360 e. The molecule has 0 radical (unpaired) electrons. The molecule has 1 aliphatic rings. The van der Waals surface area contributed by atoms with Gasteiger partial charge in [0, 0.05) is 31.8 Å². The van der Waals surface area contributed by atoms with Gasteiger partial charge in [0.15, 0.2) is 5.69 Å². The summed E-state index contributed by atoms with van der Waals surface area (Å²) in [6.45, 7) is 5.27. The van der Waals surface area contributed by atoms with Crippen LogP contribution in [0.1, 0.15) is 47.8 Å². The number of nitrogens with zero attached hydrogens (tertiary/aromatic N) is 4. The Hall–Kier alpha value is -1.82. The molecule has 7 heteroatoms. The highest BCUT2D eigenvalue weighted by atomic mass is 35.5. The van der Waals surface area contributed by atoms with E-state index in [0.29, 0.717) is 28.9 Å². The van der Waals surface area contributed by atoms with Crippen molar-refractivity contribution >= 4 is 17.5 Å². The Morgan fingerprint density at radius 2 is 2.35 bits per heavy atom. The normalized spacial score (nSPS) is 17.1. The number of hydrogen-bond donors (Lipinski definition) is 0. The van der Waals surface area contributed by atoms with Gasteiger partial charge in [0.2, 0.25) is 0 Å². The topological polar surface area (TPSA) is 64.2 Å². The van der Waals surface area contributed by atoms with Crippen LogP contribution in [0.3, 0.4) is 0 Å². The molecule has 2 aromatic heterocycles. The van der Waals surface area contributed by atoms with Gasteiger partial charge in [-0.1, -0.05) is 23.7 Å². The predicted octanol–water partition coefficient (Wildman–Crippen LogP) is 2.94. The first-order chi connectivity index (χ1) is 11.0. The van der Waals surface area contributed by atoms with Crippen molar-refractivity contribution in [3.63, 3.8) is 0 Å². The molecule has 0 N–H and O–H groups in total. The first kappa shape index (κ1) is 16.1. The van der Waals surface area contributed by atoms with Gasteiger partial charge < -0.3 is 9.42 Å². The van der Waals surface area contributed by atoms with E-state index in [1.807, 2.05) is 6.92 Å². The second kappa shape index (κ2) is 6.35. The highest BCUT2D eigenvalue weighted by Gasteiger charge is 2.28. The summed E-state index contributed by atoms with van der Waals surface area (Å²) in [5.74, 6) is 1.26. The van der Waals surface area contributed by atoms with Gasteiger partial charge in [0.25, 0.3) is 5.91 Å². The molecule has 0 fully saturated rings. The molecule has 3 rings (SSSR count). The molecular formula is C16H21ClN4O2. The van der Waals surface area contributed by atoms with Crippen LogP contribution in [0.5, 0.6) is 0 Å². The molecule has 1 unspecified atom stereocenters. The third-order valence-electron chi connectivity index (χ3n) is 4.33. The zero-order valence-electron chi connectivity index (χ0n) is 13.7. The number of aromatic nitrogens is 3. The van der Waals surface area contributed by atoms with Crippen molar-refractivity contribution in [1.29, 1.82) is 0 Å². The number of halogens is 1. The second-order valence-electron chi connectivity index (χ2n) is 6.22. The van der Waals surface area contributed by atoms with Gasteiger partial charge in [0.1, 0.15) is 11.5 Å². The lowest BCUT2D eigenvalue weighted by atomic mass is 9.88. The Morgan fingerprint density at radius 3 is 3.04 bits per heavy atom. The minimum Gasteiger partial charge on any atom is -0.360 e. The molecule has 0 aliphatic heterocycles. The van der Waals surface area contributed by atoms with Gasteiger partial charge in [-0.2, -0.15) is 5.10 Å². The van der Waals surface area contributed by atoms with E-state index < -0.39 is 0 Å². The van der Waals surface area contributed by atoms with Crippen molar-refractivity contribution in [2.45, 2.75) is 46.2 Å². The summed E-state index contributed by atoms with van der Waals surface area (Å²) in [7, 11) is 1.73. The fraction of sp³-hybridized carbons (Fsp3) is 0.562. The van der Waals surface area contributed by atoms with Gasteiger partial charge in [0.05, 0.1) is 11.6 Å². The minimum atomic E-state index is -0.147. The Bertz CT molecular complexity index is 722. The number of fused-ring (bicyclic) bond motifs is 1. The zero-order valence-corrected chi connectivity index (χ0v) is 14.4. The number of carbonyl (C=O) groups is 1. The van der Waals surface area contributed by atoms with Gasteiger partial charge in [-0.15, -0.1) is 0 Å². The molecule has 23 heavy (non-hydrogen) atoms. The maximum Gasteiger partial charge on any atom is 0.276 e. The Balaban J connectivity index is 1.77. The standard InChI is InChI=1S/C16H21ClN4O2/c1-4-21-8-12(17)13(18-21)9-20(3)16(22)15-11-7-10(2)5-6-14(11)23-19-15/h8,10H,4-7,9H2,1-3H3. The predicted molar refractivity (Wildman–Crippen MR) is 86.4 cm³/mol. The van der Waals surface area contributed by atoms with E-state index in [1.54, 1.807) is 22.8 Å². The van der Waals surface area contributed by atoms with Crippen LogP contribution >= 0.6 is 11.6 Å². The molecule has 2 aromatic rings. The monoisotopic (exact) mass is 336 g/mol. The molecule has 0 bridgehead atoms. The zero-order chi connectivity index (χ0) is 16.6. The summed E-state index contributed by atoms with van der Waals surface area (Å²) in [5.41, 5.74) is 2.08. The molecule has 0 saturated carbocycles. The maximum atomic E-state index is 12.7. The van der Waals surface area contributed by atoms with Crippen LogP contribution in [-0.4, -0.2) is 32.8 Å². The molecule has 1 atom stereocenters. The van der Waals surface area contributed by atoms with Crippen molar-refractivity contribution < 1.29 is 9.32 Å². The van der Waals surface area contributed by atoms with E-state index in [4.69, 9.17) is 16.1 Å². The fourth-order valence-corrected chi connectivity index (χ4v) is 3.14. The number of amides is 1. The van der Waals surface area contributed by atoms with E-state index in [9.17, 15) is 4.79 Å². The van der Waals surface area contributed by atoms with Gasteiger partial charge in [-0.25, -0.2) is 0 Å². The summed E-state index contributed by atoms with van der Waals surface area (Å²) >= 11 is 6.18. The van der Waals surface area contributed by atoms with Crippen molar-refractivity contribution in [3.8, 4) is 0 Å². The average molecular weight is 337 g/mol. The number of carbonyl (C=O) groups excluding carboxylic acids is 1. The van der Waals surface area contributed by atoms with Crippen LogP contribution in [0.15, 0.2) is 10.7 Å². The third kappa shape index (κ3) is 3.13. The van der Waals surface area contributed by atoms with Crippen molar-refractivity contribution in [3.05, 3.63) is 33.9 Å². The molecule has 0 saturated heterocycles. The van der Waals surface area contributed by atoms with Crippen LogP contribution < -0.4 is 0 Å². The van der Waals surface area contributed by atoms with E-state index >= 15 is 0 Å².